The molecule has 0 aliphatic heterocycles. The van der Waals surface area contributed by atoms with Gasteiger partial charge in [0, 0.05) is 7.05 Å². The standard InChI is InChI=1S/C19H23NO3/c1-15(16-9-11-17(22-3)12-10-16)20(2)19(21)13-14-23-18-7-5-4-6-8-18/h4-12,15H,13-14H2,1-3H3. The van der Waals surface area contributed by atoms with Crippen LogP contribution in [0.2, 0.25) is 0 Å². The van der Waals surface area contributed by atoms with Crippen molar-refractivity contribution >= 4 is 5.91 Å². The molecule has 1 atom stereocenters. The van der Waals surface area contributed by atoms with Crippen molar-refractivity contribution in [3.63, 3.8) is 0 Å². The smallest absolute Gasteiger partial charge is 0.226 e. The minimum Gasteiger partial charge on any atom is -0.497 e. The number of hydrogen-bond donors (Lipinski definition) is 0. The van der Waals surface area contributed by atoms with Crippen LogP contribution in [0.1, 0.15) is 24.9 Å². The van der Waals surface area contributed by atoms with Crippen LogP contribution in [0.4, 0.5) is 0 Å². The van der Waals surface area contributed by atoms with Crippen LogP contribution in [0.25, 0.3) is 0 Å². The lowest BCUT2D eigenvalue weighted by atomic mass is 10.1. The molecule has 0 aliphatic carbocycles. The zero-order chi connectivity index (χ0) is 16.7. The Balaban J connectivity index is 1.85. The third-order valence-corrected chi connectivity index (χ3v) is 3.90. The molecule has 0 spiro atoms. The van der Waals surface area contributed by atoms with Crippen LogP contribution in [0.3, 0.4) is 0 Å². The number of nitrogens with zero attached hydrogens (tertiary/aromatic N) is 1. The van der Waals surface area contributed by atoms with Crippen LogP contribution >= 0.6 is 0 Å². The van der Waals surface area contributed by atoms with Crippen LogP contribution in [0.5, 0.6) is 11.5 Å². The molecular formula is C19H23NO3. The predicted molar refractivity (Wildman–Crippen MR) is 90.7 cm³/mol. The third-order valence-electron chi connectivity index (χ3n) is 3.90. The lowest BCUT2D eigenvalue weighted by Gasteiger charge is -2.25. The second-order valence-corrected chi connectivity index (χ2v) is 5.37. The van der Waals surface area contributed by atoms with E-state index in [2.05, 4.69) is 0 Å². The Morgan fingerprint density at radius 3 is 2.30 bits per heavy atom. The summed E-state index contributed by atoms with van der Waals surface area (Å²) in [6.45, 7) is 2.39. The number of para-hydroxylation sites is 1. The largest absolute Gasteiger partial charge is 0.497 e. The number of methoxy groups -OCH3 is 1. The Bertz CT molecular complexity index is 610. The first kappa shape index (κ1) is 16.9. The first-order valence-corrected chi connectivity index (χ1v) is 7.69. The van der Waals surface area contributed by atoms with Crippen molar-refractivity contribution in [2.75, 3.05) is 20.8 Å². The molecule has 4 heteroatoms. The van der Waals surface area contributed by atoms with Crippen molar-refractivity contribution in [3.8, 4) is 11.5 Å². The van der Waals surface area contributed by atoms with Gasteiger partial charge in [-0.2, -0.15) is 0 Å². The second kappa shape index (κ2) is 8.22. The van der Waals surface area contributed by atoms with Gasteiger partial charge in [0.2, 0.25) is 5.91 Å². The Labute approximate surface area is 137 Å². The Hall–Kier alpha value is -2.49. The Kier molecular flexibility index (Phi) is 6.03. The summed E-state index contributed by atoms with van der Waals surface area (Å²) in [4.78, 5) is 14.0. The van der Waals surface area contributed by atoms with E-state index in [4.69, 9.17) is 9.47 Å². The van der Waals surface area contributed by atoms with Crippen LogP contribution in [-0.4, -0.2) is 31.6 Å². The van der Waals surface area contributed by atoms with E-state index >= 15 is 0 Å². The molecule has 2 aromatic carbocycles. The van der Waals surface area contributed by atoms with E-state index in [-0.39, 0.29) is 11.9 Å². The van der Waals surface area contributed by atoms with Gasteiger partial charge in [0.15, 0.2) is 0 Å². The molecule has 23 heavy (non-hydrogen) atoms. The second-order valence-electron chi connectivity index (χ2n) is 5.37. The lowest BCUT2D eigenvalue weighted by molar-refractivity contribution is -0.132. The highest BCUT2D eigenvalue weighted by atomic mass is 16.5. The van der Waals surface area contributed by atoms with E-state index in [9.17, 15) is 4.79 Å². The molecule has 1 unspecified atom stereocenters. The molecule has 0 N–H and O–H groups in total. The van der Waals surface area contributed by atoms with Gasteiger partial charge in [-0.25, -0.2) is 0 Å². The molecule has 0 saturated carbocycles. The van der Waals surface area contributed by atoms with Crippen LogP contribution in [0.15, 0.2) is 54.6 Å². The van der Waals surface area contributed by atoms with Crippen LogP contribution in [-0.2, 0) is 4.79 Å². The molecule has 0 radical (unpaired) electrons. The van der Waals surface area contributed by atoms with E-state index in [1.807, 2.05) is 68.6 Å². The normalized spacial score (nSPS) is 11.6. The van der Waals surface area contributed by atoms with Gasteiger partial charge in [-0.1, -0.05) is 30.3 Å². The minimum absolute atomic E-state index is 0.00475. The fraction of sp³-hybridized carbons (Fsp3) is 0.316. The quantitative estimate of drug-likeness (QED) is 0.782. The number of carbonyl (C=O) groups is 1. The average molecular weight is 313 g/mol. The SMILES string of the molecule is COc1ccc(C(C)N(C)C(=O)CCOc2ccccc2)cc1. The third kappa shape index (κ3) is 4.74. The van der Waals surface area contributed by atoms with Gasteiger partial charge >= 0.3 is 0 Å². The molecule has 122 valence electrons. The van der Waals surface area contributed by atoms with E-state index in [1.165, 1.54) is 0 Å². The van der Waals surface area contributed by atoms with Crippen molar-refractivity contribution in [2.45, 2.75) is 19.4 Å². The number of benzene rings is 2. The fourth-order valence-corrected chi connectivity index (χ4v) is 2.27. The maximum atomic E-state index is 12.3. The molecule has 0 bridgehead atoms. The molecule has 2 rings (SSSR count). The van der Waals surface area contributed by atoms with Gasteiger partial charge in [-0.15, -0.1) is 0 Å². The summed E-state index contributed by atoms with van der Waals surface area (Å²) in [6.07, 6.45) is 0.353. The van der Waals surface area contributed by atoms with Crippen molar-refractivity contribution < 1.29 is 14.3 Å². The highest BCUT2D eigenvalue weighted by molar-refractivity contribution is 5.76. The van der Waals surface area contributed by atoms with Crippen molar-refractivity contribution in [3.05, 3.63) is 60.2 Å². The first-order valence-electron chi connectivity index (χ1n) is 7.69. The topological polar surface area (TPSA) is 38.8 Å². The Morgan fingerprint density at radius 2 is 1.70 bits per heavy atom. The van der Waals surface area contributed by atoms with Gasteiger partial charge in [0.05, 0.1) is 26.2 Å². The molecule has 0 aromatic heterocycles. The summed E-state index contributed by atoms with van der Waals surface area (Å²) in [5.74, 6) is 1.65. The minimum atomic E-state index is 0.00475. The molecule has 2 aromatic rings. The molecule has 4 nitrogen and oxygen atoms in total. The van der Waals surface area contributed by atoms with Crippen molar-refractivity contribution in [1.82, 2.24) is 4.90 Å². The van der Waals surface area contributed by atoms with E-state index in [0.717, 1.165) is 17.1 Å². The summed E-state index contributed by atoms with van der Waals surface area (Å²) in [7, 11) is 3.46. The Morgan fingerprint density at radius 1 is 1.04 bits per heavy atom. The number of hydrogen-bond acceptors (Lipinski definition) is 3. The zero-order valence-corrected chi connectivity index (χ0v) is 13.9. The summed E-state index contributed by atoms with van der Waals surface area (Å²) >= 11 is 0. The maximum absolute atomic E-state index is 12.3. The van der Waals surface area contributed by atoms with Crippen LogP contribution in [0, 0.1) is 0 Å². The molecule has 0 saturated heterocycles. The molecule has 0 fully saturated rings. The van der Waals surface area contributed by atoms with E-state index in [0.29, 0.717) is 13.0 Å². The number of carbonyl (C=O) groups excluding carboxylic acids is 1. The lowest BCUT2D eigenvalue weighted by Crippen LogP contribution is -2.30. The van der Waals surface area contributed by atoms with Crippen molar-refractivity contribution in [1.29, 1.82) is 0 Å². The number of rotatable bonds is 7. The predicted octanol–water partition coefficient (Wildman–Crippen LogP) is 3.68. The van der Waals surface area contributed by atoms with Gasteiger partial charge in [0.1, 0.15) is 11.5 Å². The van der Waals surface area contributed by atoms with E-state index in [1.54, 1.807) is 12.0 Å². The zero-order valence-electron chi connectivity index (χ0n) is 13.9. The van der Waals surface area contributed by atoms with Crippen molar-refractivity contribution in [2.24, 2.45) is 0 Å². The highest BCUT2D eigenvalue weighted by Crippen LogP contribution is 2.22. The maximum Gasteiger partial charge on any atom is 0.226 e. The fourth-order valence-electron chi connectivity index (χ4n) is 2.27. The van der Waals surface area contributed by atoms with Gasteiger partial charge in [-0.05, 0) is 36.8 Å². The molecule has 0 aliphatic rings. The van der Waals surface area contributed by atoms with Gasteiger partial charge in [-0.3, -0.25) is 4.79 Å². The summed E-state index contributed by atoms with van der Waals surface area (Å²) < 4.78 is 10.7. The van der Waals surface area contributed by atoms with Gasteiger partial charge in [0.25, 0.3) is 0 Å². The summed E-state index contributed by atoms with van der Waals surface area (Å²) in [5, 5.41) is 0. The molecular weight excluding hydrogens is 290 g/mol. The number of amides is 1. The first-order chi connectivity index (χ1) is 11.1. The van der Waals surface area contributed by atoms with Crippen LogP contribution < -0.4 is 9.47 Å². The molecule has 1 amide bonds. The van der Waals surface area contributed by atoms with E-state index < -0.39 is 0 Å². The number of ether oxygens (including phenoxy) is 2. The summed E-state index contributed by atoms with van der Waals surface area (Å²) in [5.41, 5.74) is 1.07. The average Bonchev–Trinajstić information content (AvgIpc) is 2.61. The highest BCUT2D eigenvalue weighted by Gasteiger charge is 2.17. The molecule has 0 heterocycles. The monoisotopic (exact) mass is 313 g/mol. The summed E-state index contributed by atoms with van der Waals surface area (Å²) in [6, 6.07) is 17.3. The van der Waals surface area contributed by atoms with Gasteiger partial charge < -0.3 is 14.4 Å².